The topological polar surface area (TPSA) is 24.5 Å². The van der Waals surface area contributed by atoms with Crippen molar-refractivity contribution in [3.63, 3.8) is 0 Å². The van der Waals surface area contributed by atoms with E-state index in [0.29, 0.717) is 6.04 Å². The van der Waals surface area contributed by atoms with E-state index in [0.717, 1.165) is 12.3 Å². The predicted octanol–water partition coefficient (Wildman–Crippen LogP) is 3.45. The number of nitrogens with one attached hydrogen (secondary N) is 1. The molecule has 0 atom stereocenters. The lowest BCUT2D eigenvalue weighted by atomic mass is 10.0. The van der Waals surface area contributed by atoms with Crippen molar-refractivity contribution in [3.8, 4) is 5.75 Å². The van der Waals surface area contributed by atoms with Gasteiger partial charge in [-0.3, -0.25) is 4.90 Å². The zero-order valence-corrected chi connectivity index (χ0v) is 14.2. The number of fused-ring (bicyclic) bond motifs is 1. The maximum atomic E-state index is 5.28. The second kappa shape index (κ2) is 7.82. The van der Waals surface area contributed by atoms with Crippen molar-refractivity contribution in [3.05, 3.63) is 42.0 Å². The molecule has 0 unspecified atom stereocenters. The molecule has 1 fully saturated rings. The Labute approximate surface area is 139 Å². The Kier molecular flexibility index (Phi) is 6.07. The highest BCUT2D eigenvalue weighted by Crippen LogP contribution is 2.23. The number of methoxy groups -OCH3 is 1. The SMILES string of the molecule is CNC1CCN(Cc2ccc3cc(OC)ccc3c2)CC1.Cl. The molecular formula is C18H25ClN2O. The van der Waals surface area contributed by atoms with Gasteiger partial charge in [-0.25, -0.2) is 0 Å². The molecule has 3 nitrogen and oxygen atoms in total. The van der Waals surface area contributed by atoms with Gasteiger partial charge in [0.05, 0.1) is 7.11 Å². The summed E-state index contributed by atoms with van der Waals surface area (Å²) in [7, 11) is 3.78. The van der Waals surface area contributed by atoms with Crippen molar-refractivity contribution in [1.29, 1.82) is 0 Å². The third-order valence-electron chi connectivity index (χ3n) is 4.51. The number of hydrogen-bond acceptors (Lipinski definition) is 3. The molecule has 120 valence electrons. The van der Waals surface area contributed by atoms with Gasteiger partial charge in [0.25, 0.3) is 0 Å². The van der Waals surface area contributed by atoms with Crippen molar-refractivity contribution < 1.29 is 4.74 Å². The molecule has 1 N–H and O–H groups in total. The van der Waals surface area contributed by atoms with Crippen LogP contribution in [0.25, 0.3) is 10.8 Å². The van der Waals surface area contributed by atoms with Crippen LogP contribution in [-0.2, 0) is 6.54 Å². The number of likely N-dealkylation sites (tertiary alicyclic amines) is 1. The Bertz CT molecular complexity index is 609. The van der Waals surface area contributed by atoms with Crippen LogP contribution in [0.15, 0.2) is 36.4 Å². The van der Waals surface area contributed by atoms with Crippen LogP contribution in [0, 0.1) is 0 Å². The molecular weight excluding hydrogens is 296 g/mol. The smallest absolute Gasteiger partial charge is 0.119 e. The Balaban J connectivity index is 0.00000176. The van der Waals surface area contributed by atoms with Crippen LogP contribution in [0.4, 0.5) is 0 Å². The normalized spacial score (nSPS) is 16.5. The first kappa shape index (κ1) is 17.1. The molecule has 0 radical (unpaired) electrons. The first-order valence-corrected chi connectivity index (χ1v) is 7.75. The Morgan fingerprint density at radius 2 is 1.77 bits per heavy atom. The molecule has 0 saturated carbocycles. The minimum Gasteiger partial charge on any atom is -0.497 e. The van der Waals surface area contributed by atoms with Gasteiger partial charge < -0.3 is 10.1 Å². The number of ether oxygens (including phenoxy) is 1. The first-order chi connectivity index (χ1) is 10.3. The fraction of sp³-hybridized carbons (Fsp3) is 0.444. The zero-order chi connectivity index (χ0) is 14.7. The second-order valence-corrected chi connectivity index (χ2v) is 5.89. The van der Waals surface area contributed by atoms with Gasteiger partial charge >= 0.3 is 0 Å². The van der Waals surface area contributed by atoms with Crippen LogP contribution in [0.1, 0.15) is 18.4 Å². The van der Waals surface area contributed by atoms with Gasteiger partial charge in [-0.15, -0.1) is 12.4 Å². The van der Waals surface area contributed by atoms with Gasteiger partial charge in [0.15, 0.2) is 0 Å². The van der Waals surface area contributed by atoms with E-state index in [9.17, 15) is 0 Å². The van der Waals surface area contributed by atoms with Gasteiger partial charge in [0, 0.05) is 12.6 Å². The van der Waals surface area contributed by atoms with E-state index in [1.54, 1.807) is 7.11 Å². The lowest BCUT2D eigenvalue weighted by Gasteiger charge is -2.31. The highest BCUT2D eigenvalue weighted by atomic mass is 35.5. The molecule has 0 aromatic heterocycles. The maximum absolute atomic E-state index is 5.28. The molecule has 2 aromatic rings. The molecule has 3 rings (SSSR count). The molecule has 1 saturated heterocycles. The third kappa shape index (κ3) is 3.92. The number of piperidine rings is 1. The fourth-order valence-corrected chi connectivity index (χ4v) is 3.14. The molecule has 1 aliphatic rings. The Morgan fingerprint density at radius 1 is 1.09 bits per heavy atom. The van der Waals surface area contributed by atoms with E-state index in [1.807, 2.05) is 6.07 Å². The average molecular weight is 321 g/mol. The number of hydrogen-bond donors (Lipinski definition) is 1. The van der Waals surface area contributed by atoms with Gasteiger partial charge in [0.2, 0.25) is 0 Å². The standard InChI is InChI=1S/C18H24N2O.ClH/c1-19-17-7-9-20(10-8-17)13-14-3-4-16-12-18(21-2)6-5-15(16)11-14;/h3-6,11-12,17,19H,7-10,13H2,1-2H3;1H. The Morgan fingerprint density at radius 3 is 2.45 bits per heavy atom. The molecule has 2 aromatic carbocycles. The van der Waals surface area contributed by atoms with Crippen LogP contribution in [0.2, 0.25) is 0 Å². The summed E-state index contributed by atoms with van der Waals surface area (Å²) in [5, 5.41) is 5.92. The number of halogens is 1. The summed E-state index contributed by atoms with van der Waals surface area (Å²) in [6, 6.07) is 13.7. The summed E-state index contributed by atoms with van der Waals surface area (Å²) in [4.78, 5) is 2.55. The monoisotopic (exact) mass is 320 g/mol. The van der Waals surface area contributed by atoms with Crippen LogP contribution in [0.3, 0.4) is 0 Å². The molecule has 1 heterocycles. The summed E-state index contributed by atoms with van der Waals surface area (Å²) >= 11 is 0. The van der Waals surface area contributed by atoms with Gasteiger partial charge in [0.1, 0.15) is 5.75 Å². The minimum atomic E-state index is 0. The van der Waals surface area contributed by atoms with E-state index in [1.165, 1.54) is 42.3 Å². The fourth-order valence-electron chi connectivity index (χ4n) is 3.14. The molecule has 1 aliphatic heterocycles. The maximum Gasteiger partial charge on any atom is 0.119 e. The van der Waals surface area contributed by atoms with Crippen molar-refractivity contribution in [2.24, 2.45) is 0 Å². The van der Waals surface area contributed by atoms with E-state index in [4.69, 9.17) is 4.74 Å². The second-order valence-electron chi connectivity index (χ2n) is 5.89. The van der Waals surface area contributed by atoms with Crippen LogP contribution < -0.4 is 10.1 Å². The lowest BCUT2D eigenvalue weighted by Crippen LogP contribution is -2.40. The Hall–Kier alpha value is -1.29. The number of nitrogens with zero attached hydrogens (tertiary/aromatic N) is 1. The van der Waals surface area contributed by atoms with Crippen molar-refractivity contribution >= 4 is 23.2 Å². The van der Waals surface area contributed by atoms with Crippen molar-refractivity contribution in [1.82, 2.24) is 10.2 Å². The van der Waals surface area contributed by atoms with Crippen LogP contribution in [0.5, 0.6) is 5.75 Å². The summed E-state index contributed by atoms with van der Waals surface area (Å²) in [5.74, 6) is 0.921. The van der Waals surface area contributed by atoms with Crippen molar-refractivity contribution in [2.45, 2.75) is 25.4 Å². The van der Waals surface area contributed by atoms with Gasteiger partial charge in [-0.05, 0) is 67.5 Å². The quantitative estimate of drug-likeness (QED) is 0.933. The predicted molar refractivity (Wildman–Crippen MR) is 95.1 cm³/mol. The van der Waals surface area contributed by atoms with Crippen molar-refractivity contribution in [2.75, 3.05) is 27.2 Å². The summed E-state index contributed by atoms with van der Waals surface area (Å²) in [6.45, 7) is 3.43. The summed E-state index contributed by atoms with van der Waals surface area (Å²) in [6.07, 6.45) is 2.50. The van der Waals surface area contributed by atoms with E-state index in [-0.39, 0.29) is 12.4 Å². The third-order valence-corrected chi connectivity index (χ3v) is 4.51. The molecule has 0 aliphatic carbocycles. The van der Waals surface area contributed by atoms with Crippen LogP contribution >= 0.6 is 12.4 Å². The molecule has 0 bridgehead atoms. The average Bonchev–Trinajstić information content (AvgIpc) is 2.55. The van der Waals surface area contributed by atoms with E-state index < -0.39 is 0 Å². The summed E-state index contributed by atoms with van der Waals surface area (Å²) in [5.41, 5.74) is 1.40. The highest BCUT2D eigenvalue weighted by molar-refractivity contribution is 5.85. The molecule has 22 heavy (non-hydrogen) atoms. The summed E-state index contributed by atoms with van der Waals surface area (Å²) < 4.78 is 5.28. The van der Waals surface area contributed by atoms with Gasteiger partial charge in [-0.1, -0.05) is 18.2 Å². The lowest BCUT2D eigenvalue weighted by molar-refractivity contribution is 0.194. The largest absolute Gasteiger partial charge is 0.497 e. The zero-order valence-electron chi connectivity index (χ0n) is 13.3. The molecule has 4 heteroatoms. The number of rotatable bonds is 4. The number of benzene rings is 2. The molecule has 0 spiro atoms. The highest BCUT2D eigenvalue weighted by Gasteiger charge is 2.17. The molecule has 0 amide bonds. The first-order valence-electron chi connectivity index (χ1n) is 7.75. The minimum absolute atomic E-state index is 0. The van der Waals surface area contributed by atoms with Crippen LogP contribution in [-0.4, -0.2) is 38.2 Å². The van der Waals surface area contributed by atoms with E-state index in [2.05, 4.69) is 47.6 Å². The van der Waals surface area contributed by atoms with E-state index >= 15 is 0 Å². The van der Waals surface area contributed by atoms with Gasteiger partial charge in [-0.2, -0.15) is 0 Å².